The number of hydrazine groups is 1. The van der Waals surface area contributed by atoms with E-state index in [0.29, 0.717) is 27.7 Å². The van der Waals surface area contributed by atoms with Crippen molar-refractivity contribution in [3.05, 3.63) is 66.0 Å². The summed E-state index contributed by atoms with van der Waals surface area (Å²) in [4.78, 5) is 28.4. The molecule has 132 valence electrons. The Morgan fingerprint density at radius 3 is 2.54 bits per heavy atom. The van der Waals surface area contributed by atoms with Crippen LogP contribution in [0.2, 0.25) is 0 Å². The van der Waals surface area contributed by atoms with Crippen molar-refractivity contribution >= 4 is 22.9 Å². The Kier molecular flexibility index (Phi) is 5.07. The molecule has 0 spiro atoms. The third-order valence-electron chi connectivity index (χ3n) is 3.65. The molecule has 0 saturated carbocycles. The predicted molar refractivity (Wildman–Crippen MR) is 94.8 cm³/mol. The first-order valence-electron chi connectivity index (χ1n) is 7.97. The van der Waals surface area contributed by atoms with Gasteiger partial charge in [-0.15, -0.1) is 0 Å². The molecule has 6 nitrogen and oxygen atoms in total. The number of para-hydroxylation sites is 1. The largest absolute Gasteiger partial charge is 0.449 e. The molecule has 7 heteroatoms. The summed E-state index contributed by atoms with van der Waals surface area (Å²) in [6.45, 7) is 1.85. The maximum absolute atomic E-state index is 13.2. The van der Waals surface area contributed by atoms with E-state index in [1.165, 1.54) is 12.1 Å². The van der Waals surface area contributed by atoms with E-state index in [4.69, 9.17) is 4.74 Å². The number of pyridine rings is 1. The van der Waals surface area contributed by atoms with Crippen LogP contribution >= 0.6 is 0 Å². The number of hydrogen-bond donors (Lipinski definition) is 2. The van der Waals surface area contributed by atoms with E-state index in [1.807, 2.05) is 6.07 Å². The molecule has 0 aliphatic heterocycles. The maximum atomic E-state index is 13.2. The average Bonchev–Trinajstić information content (AvgIpc) is 2.66. The normalized spacial score (nSPS) is 10.4. The number of nitrogens with zero attached hydrogens (tertiary/aromatic N) is 1. The van der Waals surface area contributed by atoms with Crippen molar-refractivity contribution < 1.29 is 18.7 Å². The number of ether oxygens (including phenoxy) is 1. The summed E-state index contributed by atoms with van der Waals surface area (Å²) in [6, 6.07) is 14.6. The summed E-state index contributed by atoms with van der Waals surface area (Å²) >= 11 is 0. The Morgan fingerprint density at radius 1 is 1.08 bits per heavy atom. The van der Waals surface area contributed by atoms with E-state index in [9.17, 15) is 14.0 Å². The van der Waals surface area contributed by atoms with Gasteiger partial charge in [-0.25, -0.2) is 19.6 Å². The van der Waals surface area contributed by atoms with Gasteiger partial charge in [0.05, 0.1) is 23.4 Å². The van der Waals surface area contributed by atoms with Gasteiger partial charge in [-0.2, -0.15) is 0 Å². The number of fused-ring (bicyclic) bond motifs is 1. The molecule has 0 aliphatic rings. The fraction of sp³-hybridized carbons (Fsp3) is 0.105. The lowest BCUT2D eigenvalue weighted by Gasteiger charge is -2.11. The van der Waals surface area contributed by atoms with Crippen LogP contribution in [0.15, 0.2) is 54.6 Å². The number of halogens is 1. The van der Waals surface area contributed by atoms with Crippen molar-refractivity contribution in [1.29, 1.82) is 0 Å². The Hall–Kier alpha value is -3.48. The maximum Gasteiger partial charge on any atom is 0.426 e. The molecule has 0 atom stereocenters. The third kappa shape index (κ3) is 3.77. The molecule has 0 unspecified atom stereocenters. The fourth-order valence-corrected chi connectivity index (χ4v) is 2.47. The monoisotopic (exact) mass is 353 g/mol. The standard InChI is InChI=1S/C19H16FN3O3/c1-2-26-19(25)23-22-18(24)15-11-17(12-7-9-13(20)10-8-12)21-16-6-4-3-5-14(15)16/h3-11H,2H2,1H3,(H,22,24)(H,23,25). The van der Waals surface area contributed by atoms with Gasteiger partial charge in [0.25, 0.3) is 5.91 Å². The fourth-order valence-electron chi connectivity index (χ4n) is 2.47. The molecule has 2 aromatic carbocycles. The minimum absolute atomic E-state index is 0.189. The molecular formula is C19H16FN3O3. The second kappa shape index (κ2) is 7.60. The molecule has 3 aromatic rings. The smallest absolute Gasteiger partial charge is 0.426 e. The van der Waals surface area contributed by atoms with Gasteiger partial charge in [0.1, 0.15) is 5.82 Å². The molecule has 0 radical (unpaired) electrons. The first-order valence-corrected chi connectivity index (χ1v) is 7.97. The average molecular weight is 353 g/mol. The van der Waals surface area contributed by atoms with Crippen LogP contribution in [0.5, 0.6) is 0 Å². The zero-order chi connectivity index (χ0) is 18.5. The summed E-state index contributed by atoms with van der Waals surface area (Å²) in [6.07, 6.45) is -0.752. The Morgan fingerprint density at radius 2 is 1.81 bits per heavy atom. The van der Waals surface area contributed by atoms with E-state index in [0.717, 1.165) is 0 Å². The van der Waals surface area contributed by atoms with Crippen molar-refractivity contribution in [3.8, 4) is 11.3 Å². The van der Waals surface area contributed by atoms with Crippen molar-refractivity contribution in [2.24, 2.45) is 0 Å². The van der Waals surface area contributed by atoms with Gasteiger partial charge in [-0.3, -0.25) is 10.2 Å². The number of amides is 2. The summed E-state index contributed by atoms with van der Waals surface area (Å²) < 4.78 is 17.9. The summed E-state index contributed by atoms with van der Waals surface area (Å²) in [5.74, 6) is -0.869. The number of aromatic nitrogens is 1. The van der Waals surface area contributed by atoms with Gasteiger partial charge in [-0.05, 0) is 43.3 Å². The zero-order valence-electron chi connectivity index (χ0n) is 14.0. The van der Waals surface area contributed by atoms with Crippen molar-refractivity contribution in [3.63, 3.8) is 0 Å². The Labute approximate surface area is 149 Å². The van der Waals surface area contributed by atoms with Crippen LogP contribution in [0, 0.1) is 5.82 Å². The molecule has 0 fully saturated rings. The first-order chi connectivity index (χ1) is 12.6. The minimum Gasteiger partial charge on any atom is -0.449 e. The number of carbonyl (C=O) groups is 2. The first kappa shape index (κ1) is 17.3. The molecular weight excluding hydrogens is 337 g/mol. The molecule has 1 aromatic heterocycles. The number of benzene rings is 2. The van der Waals surface area contributed by atoms with Crippen LogP contribution < -0.4 is 10.9 Å². The van der Waals surface area contributed by atoms with Crippen molar-refractivity contribution in [1.82, 2.24) is 15.8 Å². The van der Waals surface area contributed by atoms with Gasteiger partial charge in [-0.1, -0.05) is 18.2 Å². The highest BCUT2D eigenvalue weighted by Crippen LogP contribution is 2.25. The number of hydrogen-bond acceptors (Lipinski definition) is 4. The molecule has 1 heterocycles. The molecule has 2 N–H and O–H groups in total. The number of carbonyl (C=O) groups excluding carboxylic acids is 2. The van der Waals surface area contributed by atoms with Crippen LogP contribution in [0.3, 0.4) is 0 Å². The van der Waals surface area contributed by atoms with Gasteiger partial charge < -0.3 is 4.74 Å². The van der Waals surface area contributed by atoms with Gasteiger partial charge >= 0.3 is 6.09 Å². The third-order valence-corrected chi connectivity index (χ3v) is 3.65. The quantitative estimate of drug-likeness (QED) is 0.707. The van der Waals surface area contributed by atoms with Crippen LogP contribution in [0.25, 0.3) is 22.2 Å². The summed E-state index contributed by atoms with van der Waals surface area (Å²) in [7, 11) is 0. The highest BCUT2D eigenvalue weighted by Gasteiger charge is 2.15. The van der Waals surface area contributed by atoms with E-state index >= 15 is 0 Å². The van der Waals surface area contributed by atoms with Crippen LogP contribution in [-0.4, -0.2) is 23.6 Å². The van der Waals surface area contributed by atoms with E-state index < -0.39 is 12.0 Å². The highest BCUT2D eigenvalue weighted by atomic mass is 19.1. The summed E-state index contributed by atoms with van der Waals surface area (Å²) in [5.41, 5.74) is 6.62. The molecule has 0 aliphatic carbocycles. The molecule has 3 rings (SSSR count). The van der Waals surface area contributed by atoms with Crippen LogP contribution in [-0.2, 0) is 4.74 Å². The van der Waals surface area contributed by atoms with Gasteiger partial charge in [0.15, 0.2) is 0 Å². The van der Waals surface area contributed by atoms with Crippen molar-refractivity contribution in [2.75, 3.05) is 6.61 Å². The molecule has 26 heavy (non-hydrogen) atoms. The van der Waals surface area contributed by atoms with E-state index in [-0.39, 0.29) is 12.4 Å². The van der Waals surface area contributed by atoms with Crippen LogP contribution in [0.4, 0.5) is 9.18 Å². The van der Waals surface area contributed by atoms with E-state index in [1.54, 1.807) is 43.3 Å². The highest BCUT2D eigenvalue weighted by molar-refractivity contribution is 6.07. The Bertz CT molecular complexity index is 958. The lowest BCUT2D eigenvalue weighted by molar-refractivity contribution is 0.0914. The van der Waals surface area contributed by atoms with E-state index in [2.05, 4.69) is 15.8 Å². The predicted octanol–water partition coefficient (Wildman–Crippen LogP) is 3.43. The van der Waals surface area contributed by atoms with Crippen molar-refractivity contribution in [2.45, 2.75) is 6.92 Å². The van der Waals surface area contributed by atoms with Gasteiger partial charge in [0.2, 0.25) is 0 Å². The second-order valence-electron chi connectivity index (χ2n) is 5.38. The Balaban J connectivity index is 1.98. The molecule has 2 amide bonds. The minimum atomic E-state index is -0.752. The molecule has 0 bridgehead atoms. The SMILES string of the molecule is CCOC(=O)NNC(=O)c1cc(-c2ccc(F)cc2)nc2ccccc12. The van der Waals surface area contributed by atoms with Gasteiger partial charge in [0, 0.05) is 10.9 Å². The summed E-state index contributed by atoms with van der Waals surface area (Å²) in [5, 5.41) is 0.626. The second-order valence-corrected chi connectivity index (χ2v) is 5.38. The number of nitrogens with one attached hydrogen (secondary N) is 2. The lowest BCUT2D eigenvalue weighted by Crippen LogP contribution is -2.42. The number of rotatable bonds is 3. The lowest BCUT2D eigenvalue weighted by atomic mass is 10.0. The molecule has 0 saturated heterocycles. The zero-order valence-corrected chi connectivity index (χ0v) is 14.0. The van der Waals surface area contributed by atoms with Crippen LogP contribution in [0.1, 0.15) is 17.3 Å². The topological polar surface area (TPSA) is 80.3 Å².